The number of hydrogen-bond acceptors (Lipinski definition) is 8. The molecule has 9 nitrogen and oxygen atoms in total. The van der Waals surface area contributed by atoms with E-state index in [9.17, 15) is 13.2 Å². The Labute approximate surface area is 169 Å². The van der Waals surface area contributed by atoms with Gasteiger partial charge < -0.3 is 19.3 Å². The molecule has 3 rings (SSSR count). The van der Waals surface area contributed by atoms with Gasteiger partial charge in [-0.05, 0) is 19.1 Å². The summed E-state index contributed by atoms with van der Waals surface area (Å²) in [5, 5.41) is 5.04. The van der Waals surface area contributed by atoms with Crippen LogP contribution < -0.4 is 14.8 Å². The summed E-state index contributed by atoms with van der Waals surface area (Å²) < 4.78 is 41.5. The molecule has 0 spiro atoms. The molecule has 1 aromatic heterocycles. The molecule has 29 heavy (non-hydrogen) atoms. The maximum Gasteiger partial charge on any atom is 0.242 e. The molecular weight excluding hydrogens is 398 g/mol. The van der Waals surface area contributed by atoms with E-state index in [0.29, 0.717) is 36.3 Å². The molecule has 10 heteroatoms. The summed E-state index contributed by atoms with van der Waals surface area (Å²) in [6, 6.07) is 4.94. The fourth-order valence-corrected chi connectivity index (χ4v) is 3.68. The molecule has 2 heterocycles. The lowest BCUT2D eigenvalue weighted by atomic mass is 9.97. The number of carbonyl (C=O) groups is 1. The number of sulfone groups is 1. The molecular formula is C19H25N3O6S. The first-order chi connectivity index (χ1) is 13.6. The molecule has 1 atom stereocenters. The predicted octanol–water partition coefficient (Wildman–Crippen LogP) is 2.47. The van der Waals surface area contributed by atoms with E-state index in [-0.39, 0.29) is 5.82 Å². The second-order valence-corrected chi connectivity index (χ2v) is 10.2. The summed E-state index contributed by atoms with van der Waals surface area (Å²) in [5.41, 5.74) is 0.0330. The van der Waals surface area contributed by atoms with Crippen molar-refractivity contribution in [2.24, 2.45) is 0 Å². The van der Waals surface area contributed by atoms with Crippen molar-refractivity contribution in [2.45, 2.75) is 50.5 Å². The number of nitrogens with one attached hydrogen (secondary N) is 1. The third kappa shape index (κ3) is 5.06. The molecule has 0 bridgehead atoms. The minimum Gasteiger partial charge on any atom is -0.490 e. The van der Waals surface area contributed by atoms with E-state index in [1.54, 1.807) is 18.2 Å². The highest BCUT2D eigenvalue weighted by Crippen LogP contribution is 2.32. The Kier molecular flexibility index (Phi) is 5.83. The van der Waals surface area contributed by atoms with Crippen LogP contribution in [0, 0.1) is 0 Å². The maximum absolute atomic E-state index is 12.6. The van der Waals surface area contributed by atoms with E-state index in [4.69, 9.17) is 14.0 Å². The first kappa shape index (κ1) is 21.1. The van der Waals surface area contributed by atoms with Crippen LogP contribution in [0.15, 0.2) is 22.7 Å². The van der Waals surface area contributed by atoms with Gasteiger partial charge in [0, 0.05) is 23.6 Å². The van der Waals surface area contributed by atoms with Gasteiger partial charge in [-0.1, -0.05) is 25.9 Å². The topological polar surface area (TPSA) is 121 Å². The first-order valence-corrected chi connectivity index (χ1v) is 11.0. The molecule has 158 valence electrons. The number of benzene rings is 1. The summed E-state index contributed by atoms with van der Waals surface area (Å²) in [6.45, 7) is 8.04. The Balaban J connectivity index is 1.69. The van der Waals surface area contributed by atoms with Crippen molar-refractivity contribution in [3.05, 3.63) is 29.9 Å². The van der Waals surface area contributed by atoms with Crippen LogP contribution in [-0.2, 0) is 25.8 Å². The Morgan fingerprint density at radius 3 is 2.55 bits per heavy atom. The van der Waals surface area contributed by atoms with Crippen molar-refractivity contribution in [1.82, 2.24) is 10.1 Å². The van der Waals surface area contributed by atoms with Gasteiger partial charge in [-0.3, -0.25) is 4.79 Å². The number of nitrogens with zero attached hydrogens (tertiary/aromatic N) is 2. The van der Waals surface area contributed by atoms with Crippen LogP contribution in [-0.4, -0.2) is 42.9 Å². The first-order valence-electron chi connectivity index (χ1n) is 9.31. The van der Waals surface area contributed by atoms with Gasteiger partial charge in [0.1, 0.15) is 11.0 Å². The van der Waals surface area contributed by atoms with Gasteiger partial charge in [0.05, 0.1) is 13.2 Å². The van der Waals surface area contributed by atoms with E-state index >= 15 is 0 Å². The fraction of sp³-hybridized carbons (Fsp3) is 0.526. The lowest BCUT2D eigenvalue weighted by Gasteiger charge is -2.14. The van der Waals surface area contributed by atoms with E-state index in [1.807, 2.05) is 20.8 Å². The summed E-state index contributed by atoms with van der Waals surface area (Å²) in [7, 11) is -3.84. The van der Waals surface area contributed by atoms with E-state index in [2.05, 4.69) is 15.5 Å². The number of anilines is 1. The second kappa shape index (κ2) is 8.02. The number of aromatic nitrogens is 2. The standard InChI is InChI=1S/C19H25N3O6S/c1-12(29(24,25)11-16-21-18(28-22-16)19(2,3)4)17(23)20-13-6-7-14-15(10-13)27-9-5-8-26-14/h6-7,10,12H,5,8-9,11H2,1-4H3,(H,20,23). The molecule has 2 aromatic rings. The highest BCUT2D eigenvalue weighted by Gasteiger charge is 2.31. The van der Waals surface area contributed by atoms with E-state index in [1.165, 1.54) is 6.92 Å². The highest BCUT2D eigenvalue weighted by molar-refractivity contribution is 7.92. The molecule has 0 saturated heterocycles. The number of rotatable bonds is 5. The lowest BCUT2D eigenvalue weighted by molar-refractivity contribution is -0.115. The zero-order valence-electron chi connectivity index (χ0n) is 16.9. The van der Waals surface area contributed by atoms with Crippen molar-refractivity contribution in [2.75, 3.05) is 18.5 Å². The summed E-state index contributed by atoms with van der Waals surface area (Å²) in [6.07, 6.45) is 0.763. The fourth-order valence-electron chi connectivity index (χ4n) is 2.57. The van der Waals surface area contributed by atoms with Crippen LogP contribution in [0.4, 0.5) is 5.69 Å². The van der Waals surface area contributed by atoms with Gasteiger partial charge in [-0.15, -0.1) is 0 Å². The average Bonchev–Trinajstić information content (AvgIpc) is 2.98. The van der Waals surface area contributed by atoms with Gasteiger partial charge in [0.25, 0.3) is 0 Å². The monoisotopic (exact) mass is 423 g/mol. The van der Waals surface area contributed by atoms with Gasteiger partial charge in [-0.2, -0.15) is 4.98 Å². The molecule has 0 fully saturated rings. The van der Waals surface area contributed by atoms with Gasteiger partial charge in [0.2, 0.25) is 11.8 Å². The normalized spacial score (nSPS) is 15.4. The Morgan fingerprint density at radius 1 is 1.21 bits per heavy atom. The molecule has 0 radical (unpaired) electrons. The van der Waals surface area contributed by atoms with Crippen molar-refractivity contribution in [3.8, 4) is 11.5 Å². The SMILES string of the molecule is CC(C(=O)Nc1ccc2c(c1)OCCCO2)S(=O)(=O)Cc1noc(C(C)(C)C)n1. The van der Waals surface area contributed by atoms with Crippen molar-refractivity contribution in [1.29, 1.82) is 0 Å². The zero-order chi connectivity index (χ0) is 21.2. The van der Waals surface area contributed by atoms with Gasteiger partial charge in [-0.25, -0.2) is 8.42 Å². The van der Waals surface area contributed by atoms with Crippen LogP contribution in [0.3, 0.4) is 0 Å². The molecule has 1 aromatic carbocycles. The summed E-state index contributed by atoms with van der Waals surface area (Å²) in [4.78, 5) is 16.7. The molecule has 1 aliphatic rings. The molecule has 0 saturated carbocycles. The number of amides is 1. The smallest absolute Gasteiger partial charge is 0.242 e. The van der Waals surface area contributed by atoms with Crippen LogP contribution in [0.1, 0.15) is 45.8 Å². The molecule has 1 aliphatic heterocycles. The third-order valence-corrected chi connectivity index (χ3v) is 6.31. The van der Waals surface area contributed by atoms with Crippen molar-refractivity contribution >= 4 is 21.4 Å². The molecule has 0 aliphatic carbocycles. The predicted molar refractivity (Wildman–Crippen MR) is 106 cm³/mol. The Bertz CT molecular complexity index is 994. The molecule has 1 amide bonds. The largest absolute Gasteiger partial charge is 0.490 e. The van der Waals surface area contributed by atoms with Gasteiger partial charge >= 0.3 is 0 Å². The average molecular weight is 423 g/mol. The number of ether oxygens (including phenoxy) is 2. The zero-order valence-corrected chi connectivity index (χ0v) is 17.7. The van der Waals surface area contributed by atoms with E-state index < -0.39 is 32.2 Å². The quantitative estimate of drug-likeness (QED) is 0.779. The van der Waals surface area contributed by atoms with Gasteiger partial charge in [0.15, 0.2) is 27.2 Å². The van der Waals surface area contributed by atoms with Crippen LogP contribution in [0.5, 0.6) is 11.5 Å². The number of fused-ring (bicyclic) bond motifs is 1. The summed E-state index contributed by atoms with van der Waals surface area (Å²) >= 11 is 0. The Hall–Kier alpha value is -2.62. The highest BCUT2D eigenvalue weighted by atomic mass is 32.2. The third-order valence-electron chi connectivity index (χ3n) is 4.36. The minimum atomic E-state index is -3.84. The number of hydrogen-bond donors (Lipinski definition) is 1. The van der Waals surface area contributed by atoms with Crippen molar-refractivity contribution < 1.29 is 27.2 Å². The van der Waals surface area contributed by atoms with Crippen molar-refractivity contribution in [3.63, 3.8) is 0 Å². The van der Waals surface area contributed by atoms with Crippen LogP contribution >= 0.6 is 0 Å². The maximum atomic E-state index is 12.6. The Morgan fingerprint density at radius 2 is 1.90 bits per heavy atom. The second-order valence-electron chi connectivity index (χ2n) is 7.92. The minimum absolute atomic E-state index is 0.0326. The lowest BCUT2D eigenvalue weighted by Crippen LogP contribution is -2.33. The van der Waals surface area contributed by atoms with Crippen LogP contribution in [0.2, 0.25) is 0 Å². The molecule has 1 N–H and O–H groups in total. The number of carbonyl (C=O) groups excluding carboxylic acids is 1. The molecule has 1 unspecified atom stereocenters. The summed E-state index contributed by atoms with van der Waals surface area (Å²) in [5.74, 6) is 0.337. The van der Waals surface area contributed by atoms with Crippen LogP contribution in [0.25, 0.3) is 0 Å². The van der Waals surface area contributed by atoms with E-state index in [0.717, 1.165) is 6.42 Å².